The predicted molar refractivity (Wildman–Crippen MR) is 69.7 cm³/mol. The third kappa shape index (κ3) is 2.68. The van der Waals surface area contributed by atoms with Crippen molar-refractivity contribution in [2.75, 3.05) is 4.90 Å². The van der Waals surface area contributed by atoms with Crippen molar-refractivity contribution < 1.29 is 14.3 Å². The first kappa shape index (κ1) is 12.6. The van der Waals surface area contributed by atoms with Crippen molar-refractivity contribution in [1.29, 1.82) is 0 Å². The summed E-state index contributed by atoms with van der Waals surface area (Å²) >= 11 is 1.50. The number of aryl methyl sites for hydroxylation is 1. The molecule has 5 heteroatoms. The van der Waals surface area contributed by atoms with Gasteiger partial charge >= 0.3 is 6.09 Å². The zero-order chi connectivity index (χ0) is 13.1. The minimum atomic E-state index is -1.09. The van der Waals surface area contributed by atoms with Gasteiger partial charge in [-0.3, -0.25) is 4.90 Å². The van der Waals surface area contributed by atoms with Crippen LogP contribution < -0.4 is 4.90 Å². The van der Waals surface area contributed by atoms with Gasteiger partial charge in [0.25, 0.3) is 0 Å². The van der Waals surface area contributed by atoms with Crippen LogP contribution in [0.4, 0.5) is 14.9 Å². The molecule has 2 aromatic rings. The van der Waals surface area contributed by atoms with Crippen molar-refractivity contribution in [2.24, 2.45) is 0 Å². The van der Waals surface area contributed by atoms with E-state index >= 15 is 0 Å². The van der Waals surface area contributed by atoms with Crippen LogP contribution in [-0.4, -0.2) is 11.2 Å². The zero-order valence-corrected chi connectivity index (χ0v) is 10.6. The number of halogens is 1. The van der Waals surface area contributed by atoms with Crippen molar-refractivity contribution in [2.45, 2.75) is 13.5 Å². The van der Waals surface area contributed by atoms with Gasteiger partial charge in [-0.1, -0.05) is 6.07 Å². The number of rotatable bonds is 3. The van der Waals surface area contributed by atoms with Crippen LogP contribution in [0.2, 0.25) is 0 Å². The molecular formula is C13H12FNO2S. The third-order valence-electron chi connectivity index (χ3n) is 2.62. The Morgan fingerprint density at radius 2 is 2.22 bits per heavy atom. The Kier molecular flexibility index (Phi) is 3.62. The fraction of sp³-hybridized carbons (Fsp3) is 0.154. The topological polar surface area (TPSA) is 40.5 Å². The van der Waals surface area contributed by atoms with Crippen molar-refractivity contribution in [1.82, 2.24) is 0 Å². The van der Waals surface area contributed by atoms with E-state index in [4.69, 9.17) is 0 Å². The van der Waals surface area contributed by atoms with Gasteiger partial charge in [0.15, 0.2) is 0 Å². The maximum absolute atomic E-state index is 13.1. The second kappa shape index (κ2) is 5.18. The number of amides is 1. The molecule has 1 aromatic heterocycles. The van der Waals surface area contributed by atoms with E-state index in [9.17, 15) is 14.3 Å². The molecule has 1 heterocycles. The second-order valence-electron chi connectivity index (χ2n) is 3.88. The standard InChI is InChI=1S/C13H12FNO2S/c1-9-5-6-18-12(9)8-15(13(16)17)11-4-2-3-10(14)7-11/h2-7H,8H2,1H3,(H,16,17). The Morgan fingerprint density at radius 3 is 2.78 bits per heavy atom. The van der Waals surface area contributed by atoms with E-state index in [1.165, 1.54) is 29.5 Å². The van der Waals surface area contributed by atoms with Gasteiger partial charge in [0.1, 0.15) is 5.82 Å². The van der Waals surface area contributed by atoms with Crippen LogP contribution in [0.1, 0.15) is 10.4 Å². The Hall–Kier alpha value is -1.88. The van der Waals surface area contributed by atoms with E-state index in [2.05, 4.69) is 0 Å². The van der Waals surface area contributed by atoms with E-state index < -0.39 is 11.9 Å². The number of hydrogen-bond donors (Lipinski definition) is 1. The molecular weight excluding hydrogens is 253 g/mol. The van der Waals surface area contributed by atoms with E-state index in [1.54, 1.807) is 6.07 Å². The van der Waals surface area contributed by atoms with Gasteiger partial charge < -0.3 is 5.11 Å². The first-order chi connectivity index (χ1) is 8.58. The molecule has 0 aliphatic carbocycles. The average molecular weight is 265 g/mol. The molecule has 0 aliphatic heterocycles. The predicted octanol–water partition coefficient (Wildman–Crippen LogP) is 3.88. The van der Waals surface area contributed by atoms with Crippen LogP contribution in [0.25, 0.3) is 0 Å². The summed E-state index contributed by atoms with van der Waals surface area (Å²) in [7, 11) is 0. The average Bonchev–Trinajstić information content (AvgIpc) is 2.71. The first-order valence-corrected chi connectivity index (χ1v) is 6.25. The smallest absolute Gasteiger partial charge is 0.412 e. The molecule has 0 unspecified atom stereocenters. The zero-order valence-electron chi connectivity index (χ0n) is 9.76. The fourth-order valence-corrected chi connectivity index (χ4v) is 2.52. The molecule has 3 nitrogen and oxygen atoms in total. The molecule has 94 valence electrons. The van der Waals surface area contributed by atoms with Gasteiger partial charge in [-0.25, -0.2) is 9.18 Å². The first-order valence-electron chi connectivity index (χ1n) is 5.37. The normalized spacial score (nSPS) is 10.3. The summed E-state index contributed by atoms with van der Waals surface area (Å²) in [5.41, 5.74) is 1.39. The van der Waals surface area contributed by atoms with Crippen LogP contribution in [0.15, 0.2) is 35.7 Å². The Morgan fingerprint density at radius 1 is 1.44 bits per heavy atom. The van der Waals surface area contributed by atoms with Crippen LogP contribution in [0, 0.1) is 12.7 Å². The lowest BCUT2D eigenvalue weighted by Gasteiger charge is -2.19. The maximum atomic E-state index is 13.1. The van der Waals surface area contributed by atoms with Gasteiger partial charge in [0, 0.05) is 4.88 Å². The number of benzene rings is 1. The minimum Gasteiger partial charge on any atom is -0.465 e. The van der Waals surface area contributed by atoms with Gasteiger partial charge in [-0.05, 0) is 42.1 Å². The molecule has 1 amide bonds. The Labute approximate surface area is 108 Å². The van der Waals surface area contributed by atoms with E-state index in [1.807, 2.05) is 18.4 Å². The van der Waals surface area contributed by atoms with E-state index in [0.717, 1.165) is 15.3 Å². The summed E-state index contributed by atoms with van der Waals surface area (Å²) in [5.74, 6) is -0.443. The lowest BCUT2D eigenvalue weighted by molar-refractivity contribution is 0.201. The molecule has 0 fully saturated rings. The highest BCUT2D eigenvalue weighted by Crippen LogP contribution is 2.23. The highest BCUT2D eigenvalue weighted by molar-refractivity contribution is 7.10. The van der Waals surface area contributed by atoms with Crippen molar-refractivity contribution >= 4 is 23.1 Å². The monoisotopic (exact) mass is 265 g/mol. The SMILES string of the molecule is Cc1ccsc1CN(C(=O)O)c1cccc(F)c1. The molecule has 0 atom stereocenters. The summed E-state index contributed by atoms with van der Waals surface area (Å²) in [6.07, 6.45) is -1.09. The highest BCUT2D eigenvalue weighted by Gasteiger charge is 2.16. The molecule has 18 heavy (non-hydrogen) atoms. The van der Waals surface area contributed by atoms with Crippen LogP contribution in [0.3, 0.4) is 0 Å². The van der Waals surface area contributed by atoms with E-state index in [-0.39, 0.29) is 6.54 Å². The van der Waals surface area contributed by atoms with Gasteiger partial charge in [-0.2, -0.15) is 0 Å². The number of anilines is 1. The molecule has 0 saturated heterocycles. The number of hydrogen-bond acceptors (Lipinski definition) is 2. The van der Waals surface area contributed by atoms with Crippen molar-refractivity contribution in [3.8, 4) is 0 Å². The summed E-state index contributed by atoms with van der Waals surface area (Å²) in [6, 6.07) is 7.53. The molecule has 2 rings (SSSR count). The minimum absolute atomic E-state index is 0.238. The summed E-state index contributed by atoms with van der Waals surface area (Å²) < 4.78 is 13.1. The Bertz CT molecular complexity index is 568. The molecule has 0 saturated carbocycles. The third-order valence-corrected chi connectivity index (χ3v) is 3.63. The fourth-order valence-electron chi connectivity index (χ4n) is 1.62. The number of thiophene rings is 1. The van der Waals surface area contributed by atoms with Gasteiger partial charge in [-0.15, -0.1) is 11.3 Å². The van der Waals surface area contributed by atoms with Crippen LogP contribution in [0.5, 0.6) is 0 Å². The Balaban J connectivity index is 2.30. The highest BCUT2D eigenvalue weighted by atomic mass is 32.1. The number of carbonyl (C=O) groups is 1. The largest absolute Gasteiger partial charge is 0.465 e. The molecule has 1 N–H and O–H groups in total. The quantitative estimate of drug-likeness (QED) is 0.914. The summed E-state index contributed by atoms with van der Waals surface area (Å²) in [4.78, 5) is 13.4. The number of carboxylic acid groups (broad SMARTS) is 1. The maximum Gasteiger partial charge on any atom is 0.412 e. The van der Waals surface area contributed by atoms with E-state index in [0.29, 0.717) is 5.69 Å². The van der Waals surface area contributed by atoms with Crippen molar-refractivity contribution in [3.05, 3.63) is 52.0 Å². The van der Waals surface area contributed by atoms with Gasteiger partial charge in [0.2, 0.25) is 0 Å². The van der Waals surface area contributed by atoms with Crippen LogP contribution >= 0.6 is 11.3 Å². The molecule has 0 bridgehead atoms. The van der Waals surface area contributed by atoms with Crippen LogP contribution in [-0.2, 0) is 6.54 Å². The lowest BCUT2D eigenvalue weighted by atomic mass is 10.2. The second-order valence-corrected chi connectivity index (χ2v) is 4.88. The lowest BCUT2D eigenvalue weighted by Crippen LogP contribution is -2.28. The molecule has 0 radical (unpaired) electrons. The number of nitrogens with zero attached hydrogens (tertiary/aromatic N) is 1. The molecule has 0 spiro atoms. The van der Waals surface area contributed by atoms with Gasteiger partial charge in [0.05, 0.1) is 12.2 Å². The van der Waals surface area contributed by atoms with Crippen molar-refractivity contribution in [3.63, 3.8) is 0 Å². The summed E-state index contributed by atoms with van der Waals surface area (Å²) in [5, 5.41) is 11.1. The molecule has 0 aliphatic rings. The molecule has 1 aromatic carbocycles. The summed E-state index contributed by atoms with van der Waals surface area (Å²) in [6.45, 7) is 2.17.